The zero-order chi connectivity index (χ0) is 29.3. The summed E-state index contributed by atoms with van der Waals surface area (Å²) in [6.45, 7) is 4.76. The van der Waals surface area contributed by atoms with Crippen LogP contribution in [-0.4, -0.2) is 75.8 Å². The minimum atomic E-state index is -4.53. The molecule has 1 aliphatic carbocycles. The van der Waals surface area contributed by atoms with Gasteiger partial charge in [-0.2, -0.15) is 13.2 Å². The highest BCUT2D eigenvalue weighted by molar-refractivity contribution is 7.53. The van der Waals surface area contributed by atoms with Gasteiger partial charge in [-0.1, -0.05) is 68.3 Å². The molecular weight excluding hydrogens is 556 g/mol. The van der Waals surface area contributed by atoms with Crippen LogP contribution in [0.15, 0.2) is 48.5 Å². The molecule has 11 heteroatoms. The molecule has 0 radical (unpaired) electrons. The number of hydrogen-bond donors (Lipinski definition) is 1. The SMILES string of the molecule is CCCCOP(=O)(CCCCC1(C(=O)NCC(F)(F)F)c2ccccc2-c2ccccc21)OCCN1CCOCC1. The Hall–Kier alpha value is -2.23. The first-order valence-corrected chi connectivity index (χ1v) is 16.1. The van der Waals surface area contributed by atoms with E-state index in [1.807, 2.05) is 43.3 Å². The lowest BCUT2D eigenvalue weighted by molar-refractivity contribution is -0.141. The highest BCUT2D eigenvalue weighted by Gasteiger charge is 2.49. The summed E-state index contributed by atoms with van der Waals surface area (Å²) in [7, 11) is -3.40. The van der Waals surface area contributed by atoms with Gasteiger partial charge in [0.1, 0.15) is 12.0 Å². The first-order valence-electron chi connectivity index (χ1n) is 14.4. The third-order valence-electron chi connectivity index (χ3n) is 7.72. The lowest BCUT2D eigenvalue weighted by Crippen LogP contribution is -2.47. The van der Waals surface area contributed by atoms with Gasteiger partial charge in [0.2, 0.25) is 5.91 Å². The number of amides is 1. The fourth-order valence-corrected chi connectivity index (χ4v) is 7.34. The first kappa shape index (κ1) is 31.7. The molecule has 226 valence electrons. The molecule has 0 aromatic heterocycles. The molecule has 2 aromatic carbocycles. The standard InChI is InChI=1S/C30H40F3N2O5P/c1-2-3-18-39-41(37,40-21-17-35-15-19-38-20-16-35)22-9-8-14-29(28(36)34-23-30(31,32)33)26-12-6-4-10-24(26)25-11-5-7-13-27(25)29/h4-7,10-13H,2-3,8-9,14-23H2,1H3,(H,34,36). The molecule has 2 aliphatic rings. The van der Waals surface area contributed by atoms with Crippen molar-refractivity contribution < 1.29 is 36.3 Å². The predicted octanol–water partition coefficient (Wildman–Crippen LogP) is 6.16. The van der Waals surface area contributed by atoms with Gasteiger partial charge in [-0.05, 0) is 41.5 Å². The molecular formula is C30H40F3N2O5P. The lowest BCUT2D eigenvalue weighted by Gasteiger charge is -2.31. The Balaban J connectivity index is 1.48. The number of nitrogens with zero attached hydrogens (tertiary/aromatic N) is 1. The molecule has 1 amide bonds. The smallest absolute Gasteiger partial charge is 0.379 e. The van der Waals surface area contributed by atoms with Crippen LogP contribution in [0.5, 0.6) is 0 Å². The summed E-state index contributed by atoms with van der Waals surface area (Å²) in [5.41, 5.74) is 1.76. The second-order valence-corrected chi connectivity index (χ2v) is 12.7. The van der Waals surface area contributed by atoms with Crippen molar-refractivity contribution in [2.24, 2.45) is 0 Å². The maximum atomic E-state index is 13.7. The number of unbranched alkanes of at least 4 members (excludes halogenated alkanes) is 2. The van der Waals surface area contributed by atoms with Gasteiger partial charge in [0.25, 0.3) is 0 Å². The molecule has 1 heterocycles. The molecule has 1 atom stereocenters. The maximum absolute atomic E-state index is 13.7. The van der Waals surface area contributed by atoms with E-state index in [2.05, 4.69) is 10.2 Å². The van der Waals surface area contributed by atoms with Gasteiger partial charge in [0, 0.05) is 19.6 Å². The van der Waals surface area contributed by atoms with Crippen molar-refractivity contribution in [1.82, 2.24) is 10.2 Å². The Morgan fingerprint density at radius 1 is 0.976 bits per heavy atom. The summed E-state index contributed by atoms with van der Waals surface area (Å²) in [5, 5.41) is 2.16. The zero-order valence-corrected chi connectivity index (χ0v) is 24.5. The molecule has 2 aromatic rings. The second-order valence-electron chi connectivity index (χ2n) is 10.6. The van der Waals surface area contributed by atoms with Crippen molar-refractivity contribution in [3.05, 3.63) is 59.7 Å². The van der Waals surface area contributed by atoms with E-state index < -0.39 is 31.6 Å². The number of carbonyl (C=O) groups is 1. The maximum Gasteiger partial charge on any atom is 0.405 e. The molecule has 1 fully saturated rings. The van der Waals surface area contributed by atoms with E-state index in [1.54, 1.807) is 12.1 Å². The second kappa shape index (κ2) is 14.3. The number of morpholine rings is 1. The van der Waals surface area contributed by atoms with Crippen molar-refractivity contribution in [2.45, 2.75) is 50.6 Å². The largest absolute Gasteiger partial charge is 0.405 e. The molecule has 0 spiro atoms. The van der Waals surface area contributed by atoms with E-state index in [9.17, 15) is 22.5 Å². The number of rotatable bonds is 15. The molecule has 1 N–H and O–H groups in total. The summed E-state index contributed by atoms with van der Waals surface area (Å²) in [6, 6.07) is 14.7. The minimum absolute atomic E-state index is 0.170. The quantitative estimate of drug-likeness (QED) is 0.196. The molecule has 4 rings (SSSR count). The summed E-state index contributed by atoms with van der Waals surface area (Å²) < 4.78 is 70.0. The van der Waals surface area contributed by atoms with E-state index >= 15 is 0 Å². The van der Waals surface area contributed by atoms with E-state index in [0.717, 1.165) is 37.1 Å². The van der Waals surface area contributed by atoms with E-state index in [4.69, 9.17) is 13.8 Å². The van der Waals surface area contributed by atoms with E-state index in [1.165, 1.54) is 0 Å². The van der Waals surface area contributed by atoms with Crippen LogP contribution >= 0.6 is 7.60 Å². The molecule has 1 saturated heterocycles. The average Bonchev–Trinajstić information content (AvgIpc) is 3.25. The minimum Gasteiger partial charge on any atom is -0.379 e. The molecule has 7 nitrogen and oxygen atoms in total. The third kappa shape index (κ3) is 7.99. The van der Waals surface area contributed by atoms with Gasteiger partial charge in [0.15, 0.2) is 0 Å². The van der Waals surface area contributed by atoms with Crippen LogP contribution in [0.2, 0.25) is 0 Å². The highest BCUT2D eigenvalue weighted by atomic mass is 31.2. The molecule has 1 unspecified atom stereocenters. The Labute approximate surface area is 240 Å². The Morgan fingerprint density at radius 2 is 1.59 bits per heavy atom. The number of halogens is 3. The fraction of sp³-hybridized carbons (Fsp3) is 0.567. The van der Waals surface area contributed by atoms with Crippen LogP contribution in [-0.2, 0) is 28.6 Å². The zero-order valence-electron chi connectivity index (χ0n) is 23.6. The monoisotopic (exact) mass is 596 g/mol. The summed E-state index contributed by atoms with van der Waals surface area (Å²) in [4.78, 5) is 15.9. The summed E-state index contributed by atoms with van der Waals surface area (Å²) in [6.07, 6.45) is -1.59. The fourth-order valence-electron chi connectivity index (χ4n) is 5.63. The van der Waals surface area contributed by atoms with Gasteiger partial charge in [-0.15, -0.1) is 0 Å². The van der Waals surface area contributed by atoms with Gasteiger partial charge < -0.3 is 19.1 Å². The number of alkyl halides is 3. The lowest BCUT2D eigenvalue weighted by atomic mass is 9.73. The van der Waals surface area contributed by atoms with Crippen molar-refractivity contribution >= 4 is 13.5 Å². The predicted molar refractivity (Wildman–Crippen MR) is 152 cm³/mol. The number of fused-ring (bicyclic) bond motifs is 3. The third-order valence-corrected chi connectivity index (χ3v) is 9.74. The Morgan fingerprint density at radius 3 is 2.20 bits per heavy atom. The summed E-state index contributed by atoms with van der Waals surface area (Å²) in [5.74, 6) is -0.684. The van der Waals surface area contributed by atoms with Crippen LogP contribution in [0.1, 0.15) is 50.2 Å². The number of hydrogen-bond acceptors (Lipinski definition) is 6. The van der Waals surface area contributed by atoms with Crippen molar-refractivity contribution in [1.29, 1.82) is 0 Å². The van der Waals surface area contributed by atoms with E-state index in [0.29, 0.717) is 50.3 Å². The van der Waals surface area contributed by atoms with Gasteiger partial charge in [-0.3, -0.25) is 14.3 Å². The van der Waals surface area contributed by atoms with Crippen LogP contribution in [0.3, 0.4) is 0 Å². The topological polar surface area (TPSA) is 77.1 Å². The van der Waals surface area contributed by atoms with E-state index in [-0.39, 0.29) is 19.2 Å². The molecule has 0 saturated carbocycles. The molecule has 0 bridgehead atoms. The summed E-state index contributed by atoms with van der Waals surface area (Å²) >= 11 is 0. The normalized spacial score (nSPS) is 18.0. The van der Waals surface area contributed by atoms with Crippen molar-refractivity contribution in [3.8, 4) is 11.1 Å². The number of carbonyl (C=O) groups excluding carboxylic acids is 1. The molecule has 41 heavy (non-hydrogen) atoms. The van der Waals surface area contributed by atoms with Crippen LogP contribution in [0.4, 0.5) is 13.2 Å². The van der Waals surface area contributed by atoms with Crippen LogP contribution in [0.25, 0.3) is 11.1 Å². The average molecular weight is 597 g/mol. The number of nitrogens with one attached hydrogen (secondary N) is 1. The van der Waals surface area contributed by atoms with Crippen molar-refractivity contribution in [2.75, 3.05) is 58.8 Å². The van der Waals surface area contributed by atoms with Crippen LogP contribution < -0.4 is 5.32 Å². The Bertz CT molecular complexity index is 1160. The number of ether oxygens (including phenoxy) is 1. The molecule has 1 aliphatic heterocycles. The Kier molecular flexibility index (Phi) is 11.1. The van der Waals surface area contributed by atoms with Gasteiger partial charge in [-0.25, -0.2) is 0 Å². The number of benzene rings is 2. The highest BCUT2D eigenvalue weighted by Crippen LogP contribution is 2.53. The van der Waals surface area contributed by atoms with Gasteiger partial charge >= 0.3 is 13.8 Å². The first-order chi connectivity index (χ1) is 19.7. The van der Waals surface area contributed by atoms with Gasteiger partial charge in [0.05, 0.1) is 32.6 Å². The van der Waals surface area contributed by atoms with Crippen molar-refractivity contribution in [3.63, 3.8) is 0 Å². The van der Waals surface area contributed by atoms with Crippen LogP contribution in [0, 0.1) is 0 Å².